The Morgan fingerprint density at radius 2 is 1.92 bits per heavy atom. The van der Waals surface area contributed by atoms with Crippen molar-refractivity contribution in [3.05, 3.63) is 59.6 Å². The number of nitrogens with zero attached hydrogens (tertiary/aromatic N) is 5. The number of rotatable bonds is 3. The lowest BCUT2D eigenvalue weighted by atomic mass is 10.1. The van der Waals surface area contributed by atoms with Crippen LogP contribution in [0.15, 0.2) is 48.4 Å². The predicted molar refractivity (Wildman–Crippen MR) is 82.6 cm³/mol. The summed E-state index contributed by atoms with van der Waals surface area (Å²) in [6.07, 6.45) is 0.881. The van der Waals surface area contributed by atoms with Gasteiger partial charge in [-0.3, -0.25) is 4.40 Å². The maximum atomic E-state index is 12.6. The molecule has 0 saturated heterocycles. The van der Waals surface area contributed by atoms with Crippen LogP contribution in [0.25, 0.3) is 16.1 Å². The van der Waals surface area contributed by atoms with Crippen molar-refractivity contribution in [1.29, 1.82) is 0 Å². The Kier molecular flexibility index (Phi) is 3.38. The first-order valence-corrected chi connectivity index (χ1v) is 7.85. The lowest BCUT2D eigenvalue weighted by Crippen LogP contribution is -2.04. The molecule has 0 unspecified atom stereocenters. The summed E-state index contributed by atoms with van der Waals surface area (Å²) < 4.78 is 41.4. The van der Waals surface area contributed by atoms with E-state index in [0.29, 0.717) is 17.8 Å². The molecule has 9 heteroatoms. The van der Waals surface area contributed by atoms with Crippen molar-refractivity contribution in [2.75, 3.05) is 0 Å². The number of hydrogen-bond donors (Lipinski definition) is 0. The summed E-state index contributed by atoms with van der Waals surface area (Å²) >= 11 is 1.58. The van der Waals surface area contributed by atoms with Crippen LogP contribution in [-0.4, -0.2) is 24.4 Å². The summed E-state index contributed by atoms with van der Waals surface area (Å²) in [6, 6.07) is 4.89. The molecule has 0 saturated carbocycles. The van der Waals surface area contributed by atoms with Crippen LogP contribution in [0.4, 0.5) is 13.2 Å². The van der Waals surface area contributed by atoms with Crippen molar-refractivity contribution in [3.63, 3.8) is 0 Å². The highest BCUT2D eigenvalue weighted by Gasteiger charge is 2.30. The van der Waals surface area contributed by atoms with Crippen LogP contribution in [0.2, 0.25) is 0 Å². The minimum absolute atomic E-state index is 0.504. The second-order valence-electron chi connectivity index (χ2n) is 5.21. The van der Waals surface area contributed by atoms with E-state index in [1.165, 1.54) is 12.1 Å². The molecule has 3 aromatic heterocycles. The molecule has 0 bridgehead atoms. The fourth-order valence-electron chi connectivity index (χ4n) is 2.39. The van der Waals surface area contributed by atoms with Crippen molar-refractivity contribution >= 4 is 16.2 Å². The normalized spacial score (nSPS) is 12.1. The largest absolute Gasteiger partial charge is 0.416 e. The molecule has 3 heterocycles. The van der Waals surface area contributed by atoms with Crippen LogP contribution in [0, 0.1) is 0 Å². The zero-order valence-electron chi connectivity index (χ0n) is 12.1. The minimum atomic E-state index is -4.34. The molecular formula is C15H10F3N5S. The summed E-state index contributed by atoms with van der Waals surface area (Å²) in [6.45, 7) is 0.504. The van der Waals surface area contributed by atoms with Crippen molar-refractivity contribution in [2.24, 2.45) is 0 Å². The van der Waals surface area contributed by atoms with E-state index in [2.05, 4.69) is 15.3 Å². The van der Waals surface area contributed by atoms with Gasteiger partial charge in [0.1, 0.15) is 16.9 Å². The number of fused-ring (bicyclic) bond motifs is 1. The molecule has 0 fully saturated rings. The summed E-state index contributed by atoms with van der Waals surface area (Å²) in [5, 5.41) is 10.1. The van der Waals surface area contributed by atoms with Gasteiger partial charge in [0.25, 0.3) is 0 Å². The Bertz CT molecular complexity index is 981. The van der Waals surface area contributed by atoms with Gasteiger partial charge >= 0.3 is 6.18 Å². The maximum absolute atomic E-state index is 12.6. The second-order valence-corrected chi connectivity index (χ2v) is 6.10. The Labute approximate surface area is 138 Å². The average Bonchev–Trinajstić information content (AvgIpc) is 3.25. The molecule has 5 nitrogen and oxygen atoms in total. The standard InChI is InChI=1S/C15H10F3N5S/c16-15(17,18)11-3-1-10(2-4-11)13-7-22(21-20-13)6-12-8-24-14-5-19-9-23(12)14/h1-5,7-9H,6H2. The van der Waals surface area contributed by atoms with Gasteiger partial charge in [0.05, 0.1) is 30.2 Å². The molecule has 0 aliphatic carbocycles. The molecule has 0 aliphatic rings. The molecule has 1 aromatic carbocycles. The number of halogens is 3. The van der Waals surface area contributed by atoms with E-state index < -0.39 is 11.7 Å². The number of imidazole rings is 1. The first-order valence-electron chi connectivity index (χ1n) is 6.97. The number of alkyl halides is 3. The maximum Gasteiger partial charge on any atom is 0.416 e. The average molecular weight is 349 g/mol. The van der Waals surface area contributed by atoms with E-state index in [4.69, 9.17) is 0 Å². The van der Waals surface area contributed by atoms with Gasteiger partial charge in [0.15, 0.2) is 0 Å². The third kappa shape index (κ3) is 2.67. The quantitative estimate of drug-likeness (QED) is 0.566. The van der Waals surface area contributed by atoms with Gasteiger partial charge in [-0.25, -0.2) is 9.67 Å². The van der Waals surface area contributed by atoms with Crippen molar-refractivity contribution in [3.8, 4) is 11.3 Å². The zero-order chi connectivity index (χ0) is 16.7. The van der Waals surface area contributed by atoms with Crippen molar-refractivity contribution < 1.29 is 13.2 Å². The lowest BCUT2D eigenvalue weighted by Gasteiger charge is -2.06. The predicted octanol–water partition coefficient (Wildman–Crippen LogP) is 3.72. The SMILES string of the molecule is FC(F)(F)c1ccc(-c2cn(Cc3csc4cncn34)nn2)cc1. The van der Waals surface area contributed by atoms with Crippen LogP contribution >= 0.6 is 11.3 Å². The van der Waals surface area contributed by atoms with Crippen LogP contribution < -0.4 is 0 Å². The Balaban J connectivity index is 1.57. The molecule has 0 amide bonds. The molecule has 0 atom stereocenters. The van der Waals surface area contributed by atoms with Gasteiger partial charge in [-0.05, 0) is 12.1 Å². The molecule has 24 heavy (non-hydrogen) atoms. The Morgan fingerprint density at radius 1 is 1.12 bits per heavy atom. The van der Waals surface area contributed by atoms with E-state index >= 15 is 0 Å². The molecular weight excluding hydrogens is 339 g/mol. The number of thiazole rings is 1. The minimum Gasteiger partial charge on any atom is -0.292 e. The monoisotopic (exact) mass is 349 g/mol. The van der Waals surface area contributed by atoms with Gasteiger partial charge in [-0.15, -0.1) is 16.4 Å². The first-order chi connectivity index (χ1) is 11.5. The van der Waals surface area contributed by atoms with E-state index in [0.717, 1.165) is 22.7 Å². The molecule has 0 spiro atoms. The van der Waals surface area contributed by atoms with Gasteiger partial charge in [-0.1, -0.05) is 17.3 Å². The fraction of sp³-hybridized carbons (Fsp3) is 0.133. The van der Waals surface area contributed by atoms with Crippen molar-refractivity contribution in [2.45, 2.75) is 12.7 Å². The van der Waals surface area contributed by atoms with Gasteiger partial charge in [-0.2, -0.15) is 13.2 Å². The van der Waals surface area contributed by atoms with Crippen LogP contribution in [0.5, 0.6) is 0 Å². The van der Waals surface area contributed by atoms with Crippen molar-refractivity contribution in [1.82, 2.24) is 24.4 Å². The van der Waals surface area contributed by atoms with Gasteiger partial charge in [0, 0.05) is 10.9 Å². The molecule has 0 aliphatic heterocycles. The smallest absolute Gasteiger partial charge is 0.292 e. The summed E-state index contributed by atoms with van der Waals surface area (Å²) in [5.74, 6) is 0. The van der Waals surface area contributed by atoms with E-state index in [1.54, 1.807) is 34.7 Å². The summed E-state index contributed by atoms with van der Waals surface area (Å²) in [5.41, 5.74) is 1.45. The first kappa shape index (κ1) is 14.9. The number of hydrogen-bond acceptors (Lipinski definition) is 4. The third-order valence-electron chi connectivity index (χ3n) is 3.60. The Hall–Kier alpha value is -2.68. The second kappa shape index (κ2) is 5.45. The molecule has 4 aromatic rings. The van der Waals surface area contributed by atoms with Crippen LogP contribution in [-0.2, 0) is 12.7 Å². The number of aromatic nitrogens is 5. The Morgan fingerprint density at radius 3 is 2.67 bits per heavy atom. The highest BCUT2D eigenvalue weighted by atomic mass is 32.1. The zero-order valence-corrected chi connectivity index (χ0v) is 12.9. The number of benzene rings is 1. The molecule has 4 rings (SSSR count). The van der Waals surface area contributed by atoms with E-state index in [-0.39, 0.29) is 0 Å². The lowest BCUT2D eigenvalue weighted by molar-refractivity contribution is -0.137. The molecule has 122 valence electrons. The highest BCUT2D eigenvalue weighted by Crippen LogP contribution is 2.30. The van der Waals surface area contributed by atoms with Crippen LogP contribution in [0.3, 0.4) is 0 Å². The fourth-order valence-corrected chi connectivity index (χ4v) is 3.23. The molecule has 0 N–H and O–H groups in total. The summed E-state index contributed by atoms with van der Waals surface area (Å²) in [7, 11) is 0. The third-order valence-corrected chi connectivity index (χ3v) is 4.53. The topological polar surface area (TPSA) is 48.0 Å². The van der Waals surface area contributed by atoms with E-state index in [9.17, 15) is 13.2 Å². The summed E-state index contributed by atoms with van der Waals surface area (Å²) in [4.78, 5) is 5.12. The molecule has 0 radical (unpaired) electrons. The van der Waals surface area contributed by atoms with E-state index in [1.807, 2.05) is 9.78 Å². The highest BCUT2D eigenvalue weighted by molar-refractivity contribution is 7.15. The van der Waals surface area contributed by atoms with Gasteiger partial charge in [0.2, 0.25) is 0 Å². The van der Waals surface area contributed by atoms with Gasteiger partial charge < -0.3 is 0 Å². The van der Waals surface area contributed by atoms with Crippen LogP contribution in [0.1, 0.15) is 11.3 Å².